The first-order valence-corrected chi connectivity index (χ1v) is 6.42. The minimum absolute atomic E-state index is 0.138. The third-order valence-corrected chi connectivity index (χ3v) is 2.75. The van der Waals surface area contributed by atoms with Crippen molar-refractivity contribution in [2.75, 3.05) is 26.2 Å². The number of carbonyl (C=O) groups excluding carboxylic acids is 1. The summed E-state index contributed by atoms with van der Waals surface area (Å²) in [5, 5.41) is 6.14. The van der Waals surface area contributed by atoms with Crippen LogP contribution in [0.25, 0.3) is 0 Å². The molecule has 0 spiro atoms. The molecule has 0 aromatic rings. The lowest BCUT2D eigenvalue weighted by atomic mass is 10.1. The Bertz CT molecular complexity index is 191. The molecule has 0 radical (unpaired) electrons. The van der Waals surface area contributed by atoms with Crippen LogP contribution in [-0.2, 0) is 9.53 Å². The smallest absolute Gasteiger partial charge is 0.221 e. The first-order chi connectivity index (χ1) is 7.83. The lowest BCUT2D eigenvalue weighted by Gasteiger charge is -2.22. The first-order valence-electron chi connectivity index (χ1n) is 6.42. The van der Waals surface area contributed by atoms with Crippen molar-refractivity contribution < 1.29 is 9.53 Å². The average Bonchev–Trinajstić information content (AvgIpc) is 2.33. The van der Waals surface area contributed by atoms with Crippen LogP contribution in [0.2, 0.25) is 0 Å². The summed E-state index contributed by atoms with van der Waals surface area (Å²) in [4.78, 5) is 11.3. The molecule has 16 heavy (non-hydrogen) atoms. The summed E-state index contributed by atoms with van der Waals surface area (Å²) in [6.45, 7) is 5.35. The van der Waals surface area contributed by atoms with E-state index in [1.807, 2.05) is 0 Å². The van der Waals surface area contributed by atoms with E-state index in [1.165, 1.54) is 12.8 Å². The molecule has 0 bridgehead atoms. The molecule has 2 N–H and O–H groups in total. The van der Waals surface area contributed by atoms with Gasteiger partial charge in [0.15, 0.2) is 0 Å². The maximum atomic E-state index is 11.3. The van der Waals surface area contributed by atoms with E-state index in [-0.39, 0.29) is 5.91 Å². The highest BCUT2D eigenvalue weighted by Gasteiger charge is 2.12. The summed E-state index contributed by atoms with van der Waals surface area (Å²) >= 11 is 0. The fourth-order valence-electron chi connectivity index (χ4n) is 1.79. The van der Waals surface area contributed by atoms with Gasteiger partial charge in [-0.15, -0.1) is 0 Å². The van der Waals surface area contributed by atoms with E-state index < -0.39 is 0 Å². The summed E-state index contributed by atoms with van der Waals surface area (Å²) in [6.07, 6.45) is 5.52. The molecule has 0 aliphatic carbocycles. The Labute approximate surface area is 98.1 Å². The van der Waals surface area contributed by atoms with Gasteiger partial charge in [0.2, 0.25) is 5.91 Å². The van der Waals surface area contributed by atoms with Gasteiger partial charge in [0, 0.05) is 32.7 Å². The Morgan fingerprint density at radius 2 is 2.25 bits per heavy atom. The third-order valence-electron chi connectivity index (χ3n) is 2.75. The van der Waals surface area contributed by atoms with Crippen LogP contribution in [0.15, 0.2) is 0 Å². The minimum atomic E-state index is 0.138. The van der Waals surface area contributed by atoms with Crippen molar-refractivity contribution in [2.24, 2.45) is 0 Å². The van der Waals surface area contributed by atoms with Crippen molar-refractivity contribution in [2.45, 2.75) is 45.1 Å². The summed E-state index contributed by atoms with van der Waals surface area (Å²) < 4.78 is 5.59. The Morgan fingerprint density at radius 3 is 2.94 bits per heavy atom. The Balaban J connectivity index is 1.92. The fourth-order valence-corrected chi connectivity index (χ4v) is 1.79. The fraction of sp³-hybridized carbons (Fsp3) is 0.917. The normalized spacial score (nSPS) is 20.7. The number of rotatable bonds is 7. The molecule has 0 aromatic heterocycles. The zero-order chi connectivity index (χ0) is 11.6. The van der Waals surface area contributed by atoms with E-state index in [1.54, 1.807) is 0 Å². The van der Waals surface area contributed by atoms with Gasteiger partial charge in [0.05, 0.1) is 6.10 Å². The summed E-state index contributed by atoms with van der Waals surface area (Å²) in [5.74, 6) is 0.138. The molecule has 1 saturated heterocycles. The van der Waals surface area contributed by atoms with Crippen LogP contribution in [0.5, 0.6) is 0 Å². The van der Waals surface area contributed by atoms with Gasteiger partial charge in [-0.2, -0.15) is 0 Å². The molecule has 1 fully saturated rings. The number of hydrogen-bond acceptors (Lipinski definition) is 3. The van der Waals surface area contributed by atoms with Gasteiger partial charge in [0.25, 0.3) is 0 Å². The molecule has 1 atom stereocenters. The molecule has 0 saturated carbocycles. The van der Waals surface area contributed by atoms with Crippen molar-refractivity contribution in [3.05, 3.63) is 0 Å². The van der Waals surface area contributed by atoms with Gasteiger partial charge in [-0.05, 0) is 25.7 Å². The number of ether oxygens (including phenoxy) is 1. The maximum Gasteiger partial charge on any atom is 0.221 e. The zero-order valence-corrected chi connectivity index (χ0v) is 10.3. The lowest BCUT2D eigenvalue weighted by Crippen LogP contribution is -2.34. The van der Waals surface area contributed by atoms with Crippen LogP contribution in [-0.4, -0.2) is 38.3 Å². The van der Waals surface area contributed by atoms with Gasteiger partial charge in [-0.1, -0.05) is 6.92 Å². The topological polar surface area (TPSA) is 50.4 Å². The van der Waals surface area contributed by atoms with E-state index in [9.17, 15) is 4.79 Å². The first kappa shape index (κ1) is 13.5. The number of carbonyl (C=O) groups is 1. The summed E-state index contributed by atoms with van der Waals surface area (Å²) in [7, 11) is 0. The number of nitrogens with one attached hydrogen (secondary N) is 2. The Morgan fingerprint density at radius 1 is 1.38 bits per heavy atom. The van der Waals surface area contributed by atoms with E-state index in [0.717, 1.165) is 39.1 Å². The minimum Gasteiger partial charge on any atom is -0.377 e. The van der Waals surface area contributed by atoms with E-state index in [2.05, 4.69) is 17.6 Å². The average molecular weight is 228 g/mol. The number of amides is 1. The molecule has 1 heterocycles. The molecule has 1 unspecified atom stereocenters. The van der Waals surface area contributed by atoms with E-state index in [4.69, 9.17) is 4.74 Å². The quantitative estimate of drug-likeness (QED) is 0.641. The lowest BCUT2D eigenvalue weighted by molar-refractivity contribution is -0.121. The van der Waals surface area contributed by atoms with Crippen LogP contribution < -0.4 is 10.6 Å². The SMILES string of the molecule is CCCNC(=O)CCNCC1CCCCO1. The van der Waals surface area contributed by atoms with Gasteiger partial charge in [-0.25, -0.2) is 0 Å². The molecular formula is C12H24N2O2. The van der Waals surface area contributed by atoms with Gasteiger partial charge >= 0.3 is 0 Å². The maximum absolute atomic E-state index is 11.3. The largest absolute Gasteiger partial charge is 0.377 e. The molecule has 1 rings (SSSR count). The second kappa shape index (κ2) is 8.53. The second-order valence-electron chi connectivity index (χ2n) is 4.29. The molecule has 1 amide bonds. The summed E-state index contributed by atoms with van der Waals surface area (Å²) in [5.41, 5.74) is 0. The second-order valence-corrected chi connectivity index (χ2v) is 4.29. The highest BCUT2D eigenvalue weighted by atomic mass is 16.5. The summed E-state index contributed by atoms with van der Waals surface area (Å²) in [6, 6.07) is 0. The third kappa shape index (κ3) is 6.08. The van der Waals surface area contributed by atoms with Gasteiger partial charge in [0.1, 0.15) is 0 Å². The van der Waals surface area contributed by atoms with Crippen molar-refractivity contribution in [1.29, 1.82) is 0 Å². The molecule has 94 valence electrons. The molecule has 4 heteroatoms. The van der Waals surface area contributed by atoms with Crippen LogP contribution in [0.3, 0.4) is 0 Å². The Kier molecular flexibility index (Phi) is 7.17. The van der Waals surface area contributed by atoms with Crippen molar-refractivity contribution in [3.8, 4) is 0 Å². The molecule has 0 aromatic carbocycles. The predicted octanol–water partition coefficient (Wildman–Crippen LogP) is 1.06. The highest BCUT2D eigenvalue weighted by molar-refractivity contribution is 5.75. The predicted molar refractivity (Wildman–Crippen MR) is 64.4 cm³/mol. The van der Waals surface area contributed by atoms with Crippen molar-refractivity contribution >= 4 is 5.91 Å². The standard InChI is InChI=1S/C12H24N2O2/c1-2-7-14-12(15)6-8-13-10-11-5-3-4-9-16-11/h11,13H,2-10H2,1H3,(H,14,15). The van der Waals surface area contributed by atoms with E-state index >= 15 is 0 Å². The van der Waals surface area contributed by atoms with E-state index in [0.29, 0.717) is 12.5 Å². The van der Waals surface area contributed by atoms with Crippen molar-refractivity contribution in [3.63, 3.8) is 0 Å². The highest BCUT2D eigenvalue weighted by Crippen LogP contribution is 2.11. The molecule has 1 aliphatic heterocycles. The molecule has 4 nitrogen and oxygen atoms in total. The van der Waals surface area contributed by atoms with Gasteiger partial charge in [-0.3, -0.25) is 4.79 Å². The van der Waals surface area contributed by atoms with Crippen molar-refractivity contribution in [1.82, 2.24) is 10.6 Å². The van der Waals surface area contributed by atoms with Crippen LogP contribution in [0, 0.1) is 0 Å². The molecule has 1 aliphatic rings. The monoisotopic (exact) mass is 228 g/mol. The van der Waals surface area contributed by atoms with Crippen LogP contribution in [0.1, 0.15) is 39.0 Å². The van der Waals surface area contributed by atoms with Gasteiger partial charge < -0.3 is 15.4 Å². The Hall–Kier alpha value is -0.610. The molecular weight excluding hydrogens is 204 g/mol. The zero-order valence-electron chi connectivity index (χ0n) is 10.3. The van der Waals surface area contributed by atoms with Crippen LogP contribution >= 0.6 is 0 Å². The number of hydrogen-bond donors (Lipinski definition) is 2. The van der Waals surface area contributed by atoms with Crippen LogP contribution in [0.4, 0.5) is 0 Å².